The van der Waals surface area contributed by atoms with Gasteiger partial charge in [0, 0.05) is 6.42 Å². The molecule has 2 atom stereocenters. The molecule has 1 N–H and O–H groups in total. The van der Waals surface area contributed by atoms with E-state index in [0.29, 0.717) is 12.0 Å². The maximum atomic E-state index is 13.9. The van der Waals surface area contributed by atoms with E-state index < -0.39 is 5.54 Å². The van der Waals surface area contributed by atoms with Gasteiger partial charge in [-0.1, -0.05) is 19.1 Å². The summed E-state index contributed by atoms with van der Waals surface area (Å²) in [6, 6.07) is 7.35. The average molecular weight is 278 g/mol. The summed E-state index contributed by atoms with van der Waals surface area (Å²) < 4.78 is 19.5. The molecule has 0 saturated carbocycles. The molecule has 0 spiro atoms. The number of nitrogens with zero attached hydrogens (tertiary/aromatic N) is 1. The van der Waals surface area contributed by atoms with Crippen molar-refractivity contribution in [2.75, 3.05) is 6.54 Å². The van der Waals surface area contributed by atoms with Crippen LogP contribution in [0.5, 0.6) is 5.75 Å². The van der Waals surface area contributed by atoms with Crippen LogP contribution in [0.4, 0.5) is 4.39 Å². The molecule has 0 fully saturated rings. The van der Waals surface area contributed by atoms with Crippen LogP contribution in [0, 0.1) is 24.1 Å². The van der Waals surface area contributed by atoms with Crippen LogP contribution in [0.3, 0.4) is 0 Å². The standard InChI is InChI=1S/C16H23FN2O/c1-5-9-19-16(4,11-18)10-13(3)20-14-8-6-7-12(2)15(14)17/h6-8,13,19H,5,9-10H2,1-4H3. The molecule has 0 aromatic heterocycles. The second kappa shape index (κ2) is 7.25. The highest BCUT2D eigenvalue weighted by molar-refractivity contribution is 5.30. The van der Waals surface area contributed by atoms with Crippen molar-refractivity contribution in [1.82, 2.24) is 5.32 Å². The van der Waals surface area contributed by atoms with E-state index in [2.05, 4.69) is 11.4 Å². The van der Waals surface area contributed by atoms with Crippen molar-refractivity contribution in [3.05, 3.63) is 29.6 Å². The number of nitriles is 1. The van der Waals surface area contributed by atoms with Crippen molar-refractivity contribution in [2.45, 2.75) is 52.2 Å². The highest BCUT2D eigenvalue weighted by Crippen LogP contribution is 2.23. The normalized spacial score (nSPS) is 15.2. The predicted molar refractivity (Wildman–Crippen MR) is 78.2 cm³/mol. The molecule has 110 valence electrons. The van der Waals surface area contributed by atoms with E-state index in [1.165, 1.54) is 0 Å². The zero-order valence-electron chi connectivity index (χ0n) is 12.7. The van der Waals surface area contributed by atoms with Gasteiger partial charge < -0.3 is 4.74 Å². The van der Waals surface area contributed by atoms with E-state index in [0.717, 1.165) is 13.0 Å². The van der Waals surface area contributed by atoms with E-state index in [9.17, 15) is 9.65 Å². The van der Waals surface area contributed by atoms with Crippen LogP contribution in [-0.4, -0.2) is 18.2 Å². The number of benzene rings is 1. The second-order valence-corrected chi connectivity index (χ2v) is 5.39. The maximum absolute atomic E-state index is 13.9. The van der Waals surface area contributed by atoms with E-state index >= 15 is 0 Å². The summed E-state index contributed by atoms with van der Waals surface area (Å²) in [5.41, 5.74) is -0.0997. The minimum atomic E-state index is -0.657. The Bertz CT molecular complexity index is 484. The maximum Gasteiger partial charge on any atom is 0.167 e. The number of halogens is 1. The fourth-order valence-electron chi connectivity index (χ4n) is 2.10. The van der Waals surface area contributed by atoms with E-state index in [1.54, 1.807) is 25.1 Å². The molecule has 0 radical (unpaired) electrons. The molecule has 0 amide bonds. The van der Waals surface area contributed by atoms with Gasteiger partial charge >= 0.3 is 0 Å². The summed E-state index contributed by atoms with van der Waals surface area (Å²) >= 11 is 0. The van der Waals surface area contributed by atoms with Gasteiger partial charge in [0.15, 0.2) is 11.6 Å². The van der Waals surface area contributed by atoms with Gasteiger partial charge in [-0.25, -0.2) is 4.39 Å². The zero-order valence-corrected chi connectivity index (χ0v) is 12.7. The predicted octanol–water partition coefficient (Wildman–Crippen LogP) is 3.57. The van der Waals surface area contributed by atoms with Crippen molar-refractivity contribution in [3.63, 3.8) is 0 Å². The Balaban J connectivity index is 2.69. The van der Waals surface area contributed by atoms with Crippen molar-refractivity contribution in [2.24, 2.45) is 0 Å². The van der Waals surface area contributed by atoms with Crippen LogP contribution in [0.15, 0.2) is 18.2 Å². The number of nitrogens with one attached hydrogen (secondary N) is 1. The van der Waals surface area contributed by atoms with Gasteiger partial charge in [-0.05, 0) is 45.4 Å². The summed E-state index contributed by atoms with van der Waals surface area (Å²) in [6.07, 6.45) is 1.20. The molecule has 2 unspecified atom stereocenters. The topological polar surface area (TPSA) is 45.0 Å². The minimum absolute atomic E-state index is 0.244. The fourth-order valence-corrected chi connectivity index (χ4v) is 2.10. The largest absolute Gasteiger partial charge is 0.488 e. The van der Waals surface area contributed by atoms with Crippen LogP contribution < -0.4 is 10.1 Å². The lowest BCUT2D eigenvalue weighted by molar-refractivity contribution is 0.172. The number of rotatable bonds is 7. The molecular formula is C16H23FN2O. The first kappa shape index (κ1) is 16.5. The second-order valence-electron chi connectivity index (χ2n) is 5.39. The van der Waals surface area contributed by atoms with E-state index in [1.807, 2.05) is 20.8 Å². The molecule has 20 heavy (non-hydrogen) atoms. The van der Waals surface area contributed by atoms with E-state index in [-0.39, 0.29) is 17.7 Å². The van der Waals surface area contributed by atoms with Crippen LogP contribution >= 0.6 is 0 Å². The van der Waals surface area contributed by atoms with Gasteiger partial charge in [0.2, 0.25) is 0 Å². The third kappa shape index (κ3) is 4.50. The first-order chi connectivity index (χ1) is 9.41. The van der Waals surface area contributed by atoms with Crippen LogP contribution in [-0.2, 0) is 0 Å². The Morgan fingerprint density at radius 2 is 2.20 bits per heavy atom. The molecule has 0 saturated heterocycles. The lowest BCUT2D eigenvalue weighted by Crippen LogP contribution is -2.44. The van der Waals surface area contributed by atoms with Crippen LogP contribution in [0.2, 0.25) is 0 Å². The first-order valence-corrected chi connectivity index (χ1v) is 7.00. The SMILES string of the molecule is CCCNC(C)(C#N)CC(C)Oc1cccc(C)c1F. The van der Waals surface area contributed by atoms with Crippen molar-refractivity contribution >= 4 is 0 Å². The highest BCUT2D eigenvalue weighted by atomic mass is 19.1. The third-order valence-corrected chi connectivity index (χ3v) is 3.19. The molecule has 3 nitrogen and oxygen atoms in total. The van der Waals surface area contributed by atoms with Gasteiger partial charge in [-0.3, -0.25) is 5.32 Å². The smallest absolute Gasteiger partial charge is 0.167 e. The Hall–Kier alpha value is -1.60. The number of hydrogen-bond donors (Lipinski definition) is 1. The van der Waals surface area contributed by atoms with Crippen molar-refractivity contribution in [3.8, 4) is 11.8 Å². The first-order valence-electron chi connectivity index (χ1n) is 7.00. The molecule has 0 heterocycles. The van der Waals surface area contributed by atoms with Gasteiger partial charge in [-0.2, -0.15) is 5.26 Å². The molecular weight excluding hydrogens is 255 g/mol. The summed E-state index contributed by atoms with van der Waals surface area (Å²) in [5, 5.41) is 12.5. The van der Waals surface area contributed by atoms with Gasteiger partial charge in [0.25, 0.3) is 0 Å². The summed E-state index contributed by atoms with van der Waals surface area (Å²) in [6.45, 7) is 8.22. The zero-order chi connectivity index (χ0) is 15.2. The van der Waals surface area contributed by atoms with E-state index in [4.69, 9.17) is 4.74 Å². The molecule has 1 aromatic carbocycles. The average Bonchev–Trinajstić information content (AvgIpc) is 2.41. The monoisotopic (exact) mass is 278 g/mol. The molecule has 0 aliphatic carbocycles. The number of ether oxygens (including phenoxy) is 1. The number of hydrogen-bond acceptors (Lipinski definition) is 3. The highest BCUT2D eigenvalue weighted by Gasteiger charge is 2.26. The summed E-state index contributed by atoms with van der Waals surface area (Å²) in [4.78, 5) is 0. The Morgan fingerprint density at radius 3 is 2.80 bits per heavy atom. The summed E-state index contributed by atoms with van der Waals surface area (Å²) in [7, 11) is 0. The molecule has 0 aliphatic heterocycles. The van der Waals surface area contributed by atoms with Gasteiger partial charge in [0.1, 0.15) is 5.54 Å². The third-order valence-electron chi connectivity index (χ3n) is 3.19. The molecule has 0 bridgehead atoms. The van der Waals surface area contributed by atoms with Crippen molar-refractivity contribution in [1.29, 1.82) is 5.26 Å². The lowest BCUT2D eigenvalue weighted by atomic mass is 9.96. The van der Waals surface area contributed by atoms with Crippen molar-refractivity contribution < 1.29 is 9.13 Å². The molecule has 4 heteroatoms. The van der Waals surface area contributed by atoms with Gasteiger partial charge in [-0.15, -0.1) is 0 Å². The van der Waals surface area contributed by atoms with Crippen LogP contribution in [0.25, 0.3) is 0 Å². The molecule has 1 rings (SSSR count). The Morgan fingerprint density at radius 1 is 1.50 bits per heavy atom. The summed E-state index contributed by atoms with van der Waals surface area (Å²) in [5.74, 6) is -0.0900. The fraction of sp³-hybridized carbons (Fsp3) is 0.562. The minimum Gasteiger partial charge on any atom is -0.488 e. The molecule has 0 aliphatic rings. The Labute approximate surface area is 120 Å². The Kier molecular flexibility index (Phi) is 5.97. The number of aryl methyl sites for hydroxylation is 1. The quantitative estimate of drug-likeness (QED) is 0.829. The lowest BCUT2D eigenvalue weighted by Gasteiger charge is -2.27. The van der Waals surface area contributed by atoms with Crippen LogP contribution in [0.1, 0.15) is 39.2 Å². The molecule has 1 aromatic rings. The van der Waals surface area contributed by atoms with Gasteiger partial charge in [0.05, 0.1) is 12.2 Å².